The maximum atomic E-state index is 4.59. The van der Waals surface area contributed by atoms with E-state index in [-0.39, 0.29) is 0 Å². The quantitative estimate of drug-likeness (QED) is 0.782. The normalized spacial score (nSPS) is 19.4. The third-order valence-electron chi connectivity index (χ3n) is 2.93. The van der Waals surface area contributed by atoms with Crippen molar-refractivity contribution in [2.75, 3.05) is 0 Å². The second kappa shape index (κ2) is 4.06. The summed E-state index contributed by atoms with van der Waals surface area (Å²) < 4.78 is 0. The molecule has 3 rings (SSSR count). The fourth-order valence-corrected chi connectivity index (χ4v) is 1.96. The highest BCUT2D eigenvalue weighted by molar-refractivity contribution is 5.81. The molecule has 0 fully saturated rings. The molecule has 17 heavy (non-hydrogen) atoms. The largest absolute Gasteiger partial charge is 0.338 e. The van der Waals surface area contributed by atoms with Crippen LogP contribution in [0.4, 0.5) is 0 Å². The number of rotatable bonds is 1. The predicted octanol–water partition coefficient (Wildman–Crippen LogP) is 3.71. The third kappa shape index (κ3) is 1.94. The molecule has 1 unspecified atom stereocenters. The minimum atomic E-state index is 0.480. The molecule has 0 saturated heterocycles. The molecule has 0 bridgehead atoms. The van der Waals surface area contributed by atoms with Crippen LogP contribution in [-0.4, -0.2) is 9.97 Å². The van der Waals surface area contributed by atoms with Gasteiger partial charge in [0.25, 0.3) is 0 Å². The Morgan fingerprint density at radius 3 is 2.94 bits per heavy atom. The molecule has 1 aromatic carbocycles. The lowest BCUT2D eigenvalue weighted by Gasteiger charge is -1.95. The van der Waals surface area contributed by atoms with Crippen LogP contribution < -0.4 is 0 Å². The summed E-state index contributed by atoms with van der Waals surface area (Å²) in [4.78, 5) is 7.94. The highest BCUT2D eigenvalue weighted by Crippen LogP contribution is 2.20. The molecular weight excluding hydrogens is 208 g/mol. The number of para-hydroxylation sites is 2. The number of allylic oxidation sites excluding steroid dienone is 6. The van der Waals surface area contributed by atoms with Gasteiger partial charge in [-0.3, -0.25) is 0 Å². The van der Waals surface area contributed by atoms with Crippen molar-refractivity contribution in [1.29, 1.82) is 0 Å². The molecular formula is C15H14N2. The first-order valence-corrected chi connectivity index (χ1v) is 5.85. The van der Waals surface area contributed by atoms with Gasteiger partial charge in [-0.2, -0.15) is 0 Å². The van der Waals surface area contributed by atoms with Gasteiger partial charge in [0.15, 0.2) is 0 Å². The number of benzene rings is 1. The van der Waals surface area contributed by atoms with Gasteiger partial charge in [-0.05, 0) is 18.1 Å². The summed E-state index contributed by atoms with van der Waals surface area (Å²) in [5.41, 5.74) is 3.22. The van der Waals surface area contributed by atoms with Crippen molar-refractivity contribution in [3.63, 3.8) is 0 Å². The molecule has 0 saturated carbocycles. The van der Waals surface area contributed by atoms with E-state index in [0.717, 1.165) is 22.4 Å². The highest BCUT2D eigenvalue weighted by atomic mass is 14.9. The molecule has 1 N–H and O–H groups in total. The molecule has 84 valence electrons. The average molecular weight is 222 g/mol. The van der Waals surface area contributed by atoms with Crippen LogP contribution in [0.2, 0.25) is 0 Å². The van der Waals surface area contributed by atoms with Gasteiger partial charge in [-0.15, -0.1) is 0 Å². The fourth-order valence-electron chi connectivity index (χ4n) is 1.96. The van der Waals surface area contributed by atoms with E-state index < -0.39 is 0 Å². The molecule has 0 aliphatic heterocycles. The molecule has 2 heteroatoms. The molecule has 0 radical (unpaired) electrons. The van der Waals surface area contributed by atoms with Gasteiger partial charge in [0.2, 0.25) is 0 Å². The zero-order valence-electron chi connectivity index (χ0n) is 9.72. The Hall–Kier alpha value is -2.09. The number of nitrogens with zero attached hydrogens (tertiary/aromatic N) is 1. The number of imidazole rings is 1. The second-order valence-electron chi connectivity index (χ2n) is 4.33. The van der Waals surface area contributed by atoms with Gasteiger partial charge in [0, 0.05) is 5.57 Å². The molecule has 1 heterocycles. The number of H-pyrrole nitrogens is 1. The summed E-state index contributed by atoms with van der Waals surface area (Å²) in [7, 11) is 0. The lowest BCUT2D eigenvalue weighted by Crippen LogP contribution is -1.83. The Labute approximate surface area is 100 Å². The summed E-state index contributed by atoms with van der Waals surface area (Å²) in [6, 6.07) is 8.09. The smallest absolute Gasteiger partial charge is 0.138 e. The van der Waals surface area contributed by atoms with Crippen molar-refractivity contribution >= 4 is 16.6 Å². The lowest BCUT2D eigenvalue weighted by molar-refractivity contribution is 0.943. The number of hydrogen-bond donors (Lipinski definition) is 1. The molecule has 1 aromatic heterocycles. The second-order valence-corrected chi connectivity index (χ2v) is 4.33. The van der Waals surface area contributed by atoms with Gasteiger partial charge < -0.3 is 4.98 Å². The van der Waals surface area contributed by atoms with Crippen LogP contribution in [0.1, 0.15) is 12.7 Å². The first kappa shape index (κ1) is 10.1. The highest BCUT2D eigenvalue weighted by Gasteiger charge is 2.06. The van der Waals surface area contributed by atoms with E-state index in [4.69, 9.17) is 0 Å². The fraction of sp³-hybridized carbons (Fsp3) is 0.133. The summed E-state index contributed by atoms with van der Waals surface area (Å²) in [6.45, 7) is 2.17. The van der Waals surface area contributed by atoms with Crippen LogP contribution in [-0.2, 0) is 0 Å². The minimum absolute atomic E-state index is 0.480. The summed E-state index contributed by atoms with van der Waals surface area (Å²) in [6.07, 6.45) is 10.7. The van der Waals surface area contributed by atoms with Crippen molar-refractivity contribution in [3.8, 4) is 0 Å². The van der Waals surface area contributed by atoms with Crippen molar-refractivity contribution in [3.05, 3.63) is 60.5 Å². The number of hydrogen-bond acceptors (Lipinski definition) is 1. The zero-order chi connectivity index (χ0) is 11.7. The summed E-state index contributed by atoms with van der Waals surface area (Å²) in [5, 5.41) is 0. The van der Waals surface area contributed by atoms with E-state index in [1.165, 1.54) is 0 Å². The van der Waals surface area contributed by atoms with Crippen LogP contribution in [0, 0.1) is 5.92 Å². The zero-order valence-corrected chi connectivity index (χ0v) is 9.72. The molecule has 2 nitrogen and oxygen atoms in total. The van der Waals surface area contributed by atoms with Crippen molar-refractivity contribution in [1.82, 2.24) is 9.97 Å². The summed E-state index contributed by atoms with van der Waals surface area (Å²) >= 11 is 0. The molecule has 1 aliphatic rings. The van der Waals surface area contributed by atoms with E-state index in [1.807, 2.05) is 24.3 Å². The maximum Gasteiger partial charge on any atom is 0.138 e. The number of nitrogens with one attached hydrogen (secondary N) is 1. The number of fused-ring (bicyclic) bond motifs is 1. The minimum Gasteiger partial charge on any atom is -0.338 e. The number of aromatic nitrogens is 2. The van der Waals surface area contributed by atoms with Gasteiger partial charge in [0.05, 0.1) is 11.0 Å². The Kier molecular flexibility index (Phi) is 2.41. The average Bonchev–Trinajstić information content (AvgIpc) is 2.65. The standard InChI is InChI=1S/C15H14N2/c1-11-5-4-6-12(10-9-11)15-16-13-7-2-3-8-14(13)17-15/h2-11H,1H3,(H,16,17). The van der Waals surface area contributed by atoms with E-state index in [0.29, 0.717) is 5.92 Å². The van der Waals surface area contributed by atoms with E-state index in [2.05, 4.69) is 47.3 Å². The Morgan fingerprint density at radius 2 is 2.06 bits per heavy atom. The van der Waals surface area contributed by atoms with Crippen LogP contribution in [0.3, 0.4) is 0 Å². The van der Waals surface area contributed by atoms with Crippen molar-refractivity contribution in [2.24, 2.45) is 5.92 Å². The lowest BCUT2D eigenvalue weighted by atomic mass is 10.1. The maximum absolute atomic E-state index is 4.59. The monoisotopic (exact) mass is 222 g/mol. The van der Waals surface area contributed by atoms with Crippen LogP contribution in [0.25, 0.3) is 16.6 Å². The van der Waals surface area contributed by atoms with Crippen LogP contribution >= 0.6 is 0 Å². The van der Waals surface area contributed by atoms with E-state index in [1.54, 1.807) is 0 Å². The Bertz CT molecular complexity index is 596. The first-order chi connectivity index (χ1) is 8.33. The molecule has 1 aliphatic carbocycles. The van der Waals surface area contributed by atoms with Gasteiger partial charge >= 0.3 is 0 Å². The third-order valence-corrected chi connectivity index (χ3v) is 2.93. The molecule has 0 amide bonds. The summed E-state index contributed by atoms with van der Waals surface area (Å²) in [5.74, 6) is 1.41. The predicted molar refractivity (Wildman–Crippen MR) is 71.5 cm³/mol. The van der Waals surface area contributed by atoms with Crippen LogP contribution in [0.5, 0.6) is 0 Å². The topological polar surface area (TPSA) is 28.7 Å². The Morgan fingerprint density at radius 1 is 1.18 bits per heavy atom. The van der Waals surface area contributed by atoms with Gasteiger partial charge in [-0.1, -0.05) is 49.4 Å². The van der Waals surface area contributed by atoms with E-state index >= 15 is 0 Å². The number of aromatic amines is 1. The van der Waals surface area contributed by atoms with Gasteiger partial charge in [0.1, 0.15) is 5.82 Å². The van der Waals surface area contributed by atoms with Gasteiger partial charge in [-0.25, -0.2) is 4.98 Å². The SMILES string of the molecule is CC1C=CC=C(c2nc3ccccc3[nH]2)C=C1. The van der Waals surface area contributed by atoms with E-state index in [9.17, 15) is 0 Å². The molecule has 1 atom stereocenters. The van der Waals surface area contributed by atoms with Crippen LogP contribution in [0.15, 0.2) is 54.6 Å². The molecule has 0 spiro atoms. The first-order valence-electron chi connectivity index (χ1n) is 5.85. The Balaban J connectivity index is 2.07. The van der Waals surface area contributed by atoms with Crippen molar-refractivity contribution in [2.45, 2.75) is 6.92 Å². The molecule has 2 aromatic rings. The van der Waals surface area contributed by atoms with Crippen molar-refractivity contribution < 1.29 is 0 Å².